The standard InChI is InChI=1S/C23H24N6O/c1-14(19-11-12-28(3)27-19)24-23(30)18-13-20(16-9-10-16)25-22-21(18)15(2)26-29(22)17-7-5-4-6-8-17/h4-8,11-14,16H,9-10H2,1-3H3,(H,24,30)/t14-/m0/s1. The van der Waals surface area contributed by atoms with Crippen molar-refractivity contribution in [1.82, 2.24) is 29.9 Å². The predicted molar refractivity (Wildman–Crippen MR) is 115 cm³/mol. The third-order valence-corrected chi connectivity index (χ3v) is 5.60. The van der Waals surface area contributed by atoms with Gasteiger partial charge in [0.1, 0.15) is 0 Å². The van der Waals surface area contributed by atoms with Crippen LogP contribution in [0.15, 0.2) is 48.7 Å². The van der Waals surface area contributed by atoms with Crippen LogP contribution in [0.25, 0.3) is 16.7 Å². The summed E-state index contributed by atoms with van der Waals surface area (Å²) >= 11 is 0. The van der Waals surface area contributed by atoms with Crippen LogP contribution in [-0.4, -0.2) is 30.5 Å². The molecule has 1 saturated carbocycles. The Labute approximate surface area is 174 Å². The zero-order valence-electron chi connectivity index (χ0n) is 17.3. The van der Waals surface area contributed by atoms with Gasteiger partial charge in [0.05, 0.1) is 34.1 Å². The third-order valence-electron chi connectivity index (χ3n) is 5.60. The number of hydrogen-bond donors (Lipinski definition) is 1. The van der Waals surface area contributed by atoms with E-state index in [0.717, 1.165) is 46.6 Å². The maximum atomic E-state index is 13.3. The molecular formula is C23H24N6O. The van der Waals surface area contributed by atoms with Crippen molar-refractivity contribution in [2.45, 2.75) is 38.6 Å². The zero-order chi connectivity index (χ0) is 20.8. The van der Waals surface area contributed by atoms with Gasteiger partial charge in [0.15, 0.2) is 5.65 Å². The summed E-state index contributed by atoms with van der Waals surface area (Å²) in [6.07, 6.45) is 4.10. The van der Waals surface area contributed by atoms with Crippen molar-refractivity contribution >= 4 is 16.9 Å². The number of rotatable bonds is 5. The smallest absolute Gasteiger partial charge is 0.252 e. The van der Waals surface area contributed by atoms with E-state index in [4.69, 9.17) is 10.1 Å². The molecule has 0 unspecified atom stereocenters. The van der Waals surface area contributed by atoms with Crippen LogP contribution in [0.1, 0.15) is 59.2 Å². The van der Waals surface area contributed by atoms with Crippen molar-refractivity contribution < 1.29 is 4.79 Å². The number of aryl methyl sites for hydroxylation is 2. The molecule has 0 radical (unpaired) electrons. The molecule has 5 rings (SSSR count). The normalized spacial score (nSPS) is 14.8. The van der Waals surface area contributed by atoms with Crippen LogP contribution in [0.2, 0.25) is 0 Å². The van der Waals surface area contributed by atoms with Gasteiger partial charge in [-0.15, -0.1) is 0 Å². The Morgan fingerprint density at radius 1 is 1.17 bits per heavy atom. The van der Waals surface area contributed by atoms with Gasteiger partial charge in [-0.3, -0.25) is 9.48 Å². The Morgan fingerprint density at radius 3 is 2.60 bits per heavy atom. The molecule has 7 nitrogen and oxygen atoms in total. The molecule has 7 heteroatoms. The molecule has 0 aliphatic heterocycles. The Morgan fingerprint density at radius 2 is 1.93 bits per heavy atom. The molecule has 0 saturated heterocycles. The number of fused-ring (bicyclic) bond motifs is 1. The summed E-state index contributed by atoms with van der Waals surface area (Å²) in [6.45, 7) is 3.87. The SMILES string of the molecule is Cc1nn(-c2ccccc2)c2nc(C3CC3)cc(C(=O)N[C@@H](C)c3ccn(C)n3)c12. The summed E-state index contributed by atoms with van der Waals surface area (Å²) in [6, 6.07) is 13.6. The van der Waals surface area contributed by atoms with E-state index < -0.39 is 0 Å². The van der Waals surface area contributed by atoms with Gasteiger partial charge in [0, 0.05) is 24.9 Å². The second-order valence-corrected chi connectivity index (χ2v) is 8.01. The fraction of sp³-hybridized carbons (Fsp3) is 0.304. The highest BCUT2D eigenvalue weighted by atomic mass is 16.1. The van der Waals surface area contributed by atoms with E-state index in [9.17, 15) is 4.79 Å². The molecule has 4 aromatic rings. The lowest BCUT2D eigenvalue weighted by molar-refractivity contribution is 0.0940. The Balaban J connectivity index is 1.60. The van der Waals surface area contributed by atoms with Crippen LogP contribution in [0.3, 0.4) is 0 Å². The number of carbonyl (C=O) groups is 1. The number of carbonyl (C=O) groups excluding carboxylic acids is 1. The molecule has 1 aromatic carbocycles. The van der Waals surface area contributed by atoms with Crippen molar-refractivity contribution in [3.8, 4) is 5.69 Å². The van der Waals surface area contributed by atoms with Gasteiger partial charge in [-0.2, -0.15) is 10.2 Å². The summed E-state index contributed by atoms with van der Waals surface area (Å²) in [5.41, 5.74) is 4.89. The van der Waals surface area contributed by atoms with Gasteiger partial charge in [-0.1, -0.05) is 18.2 Å². The van der Waals surface area contributed by atoms with Gasteiger partial charge in [0.25, 0.3) is 5.91 Å². The zero-order valence-corrected chi connectivity index (χ0v) is 17.3. The number of aromatic nitrogens is 5. The van der Waals surface area contributed by atoms with Crippen molar-refractivity contribution in [3.63, 3.8) is 0 Å². The molecule has 1 N–H and O–H groups in total. The number of hydrogen-bond acceptors (Lipinski definition) is 4. The van der Waals surface area contributed by atoms with Crippen LogP contribution < -0.4 is 5.32 Å². The number of nitrogens with one attached hydrogen (secondary N) is 1. The van der Waals surface area contributed by atoms with E-state index >= 15 is 0 Å². The van der Waals surface area contributed by atoms with Crippen LogP contribution in [0.5, 0.6) is 0 Å². The highest BCUT2D eigenvalue weighted by molar-refractivity contribution is 6.07. The van der Waals surface area contributed by atoms with E-state index in [1.54, 1.807) is 4.68 Å². The lowest BCUT2D eigenvalue weighted by Crippen LogP contribution is -2.27. The van der Waals surface area contributed by atoms with Crippen LogP contribution >= 0.6 is 0 Å². The molecule has 3 heterocycles. The van der Waals surface area contributed by atoms with Gasteiger partial charge in [0.2, 0.25) is 0 Å². The maximum Gasteiger partial charge on any atom is 0.252 e. The summed E-state index contributed by atoms with van der Waals surface area (Å²) in [4.78, 5) is 18.3. The fourth-order valence-corrected chi connectivity index (χ4v) is 3.84. The Kier molecular flexibility index (Phi) is 4.38. The number of benzene rings is 1. The molecule has 1 fully saturated rings. The second kappa shape index (κ2) is 7.09. The molecular weight excluding hydrogens is 376 g/mol. The molecule has 30 heavy (non-hydrogen) atoms. The summed E-state index contributed by atoms with van der Waals surface area (Å²) < 4.78 is 3.58. The van der Waals surface area contributed by atoms with Gasteiger partial charge < -0.3 is 5.32 Å². The topological polar surface area (TPSA) is 77.6 Å². The molecule has 0 bridgehead atoms. The molecule has 3 aromatic heterocycles. The minimum atomic E-state index is -0.198. The van der Waals surface area contributed by atoms with Crippen molar-refractivity contribution in [2.75, 3.05) is 0 Å². The lowest BCUT2D eigenvalue weighted by Gasteiger charge is -2.13. The first kappa shape index (κ1) is 18.5. The van der Waals surface area contributed by atoms with E-state index in [1.165, 1.54) is 0 Å². The quantitative estimate of drug-likeness (QED) is 0.552. The minimum Gasteiger partial charge on any atom is -0.344 e. The molecule has 0 spiro atoms. The first-order valence-corrected chi connectivity index (χ1v) is 10.3. The van der Waals surface area contributed by atoms with Gasteiger partial charge >= 0.3 is 0 Å². The largest absolute Gasteiger partial charge is 0.344 e. The van der Waals surface area contributed by atoms with E-state index in [1.807, 2.05) is 74.2 Å². The molecule has 1 aliphatic rings. The number of pyridine rings is 1. The van der Waals surface area contributed by atoms with E-state index in [2.05, 4.69) is 10.4 Å². The van der Waals surface area contributed by atoms with Crippen molar-refractivity contribution in [2.24, 2.45) is 7.05 Å². The monoisotopic (exact) mass is 400 g/mol. The van der Waals surface area contributed by atoms with Gasteiger partial charge in [-0.25, -0.2) is 9.67 Å². The van der Waals surface area contributed by atoms with Gasteiger partial charge in [-0.05, 0) is 51.0 Å². The number of nitrogens with zero attached hydrogens (tertiary/aromatic N) is 5. The average molecular weight is 400 g/mol. The van der Waals surface area contributed by atoms with Crippen LogP contribution in [0, 0.1) is 6.92 Å². The predicted octanol–water partition coefficient (Wildman–Crippen LogP) is 3.83. The Bertz CT molecular complexity index is 1240. The summed E-state index contributed by atoms with van der Waals surface area (Å²) in [5.74, 6) is 0.298. The van der Waals surface area contributed by atoms with E-state index in [0.29, 0.717) is 11.5 Å². The second-order valence-electron chi connectivity index (χ2n) is 8.01. The van der Waals surface area contributed by atoms with Crippen LogP contribution in [-0.2, 0) is 7.05 Å². The highest BCUT2D eigenvalue weighted by Crippen LogP contribution is 2.40. The minimum absolute atomic E-state index is 0.127. The first-order chi connectivity index (χ1) is 14.5. The molecule has 1 atom stereocenters. The maximum absolute atomic E-state index is 13.3. The summed E-state index contributed by atoms with van der Waals surface area (Å²) in [5, 5.41) is 13.0. The number of para-hydroxylation sites is 1. The van der Waals surface area contributed by atoms with E-state index in [-0.39, 0.29) is 11.9 Å². The average Bonchev–Trinajstić information content (AvgIpc) is 3.43. The van der Waals surface area contributed by atoms with Crippen LogP contribution in [0.4, 0.5) is 0 Å². The highest BCUT2D eigenvalue weighted by Gasteiger charge is 2.29. The van der Waals surface area contributed by atoms with Crippen molar-refractivity contribution in [3.05, 3.63) is 71.3 Å². The number of amides is 1. The third kappa shape index (κ3) is 3.26. The molecule has 1 aliphatic carbocycles. The van der Waals surface area contributed by atoms with Crippen molar-refractivity contribution in [1.29, 1.82) is 0 Å². The fourth-order valence-electron chi connectivity index (χ4n) is 3.84. The first-order valence-electron chi connectivity index (χ1n) is 10.3. The lowest BCUT2D eigenvalue weighted by atomic mass is 10.1. The molecule has 152 valence electrons. The Hall–Kier alpha value is -3.48. The molecule has 1 amide bonds. The summed E-state index contributed by atoms with van der Waals surface area (Å²) in [7, 11) is 1.87.